The molecule has 0 aromatic heterocycles. The fourth-order valence-electron chi connectivity index (χ4n) is 4.39. The molecular weight excluding hydrogens is 604 g/mol. The average molecular weight is 622 g/mol. The number of hydroxylamine groups is 2. The summed E-state index contributed by atoms with van der Waals surface area (Å²) in [5.74, 6) is -2.47. The van der Waals surface area contributed by atoms with Gasteiger partial charge in [-0.25, -0.2) is 4.39 Å². The van der Waals surface area contributed by atoms with E-state index in [9.17, 15) is 48.7 Å². The monoisotopic (exact) mass is 621 g/mol. The number of nitrogens with one attached hydrogen (secondary N) is 1. The molecular formula is C24H18ClF10N3O3. The highest BCUT2D eigenvalue weighted by Crippen LogP contribution is 2.51. The predicted octanol–water partition coefficient (Wildman–Crippen LogP) is 6.30. The second-order valence-electron chi connectivity index (χ2n) is 9.38. The van der Waals surface area contributed by atoms with Gasteiger partial charge < -0.3 is 10.2 Å². The van der Waals surface area contributed by atoms with Gasteiger partial charge in [-0.15, -0.1) is 0 Å². The van der Waals surface area contributed by atoms with Gasteiger partial charge in [0, 0.05) is 17.7 Å². The molecule has 0 spiro atoms. The van der Waals surface area contributed by atoms with E-state index in [1.807, 2.05) is 0 Å². The molecule has 0 unspecified atom stereocenters. The molecule has 2 aromatic carbocycles. The van der Waals surface area contributed by atoms with Crippen LogP contribution in [0.25, 0.3) is 0 Å². The lowest BCUT2D eigenvalue weighted by molar-refractivity contribution is -0.276. The third kappa shape index (κ3) is 6.38. The first-order valence-corrected chi connectivity index (χ1v) is 11.9. The summed E-state index contributed by atoms with van der Waals surface area (Å²) in [6, 6.07) is 2.99. The average Bonchev–Trinajstić information content (AvgIpc) is 3.46. The van der Waals surface area contributed by atoms with Crippen LogP contribution in [0, 0.1) is 12.7 Å². The molecule has 0 radical (unpaired) electrons. The van der Waals surface area contributed by atoms with Crippen molar-refractivity contribution < 1.29 is 58.4 Å². The van der Waals surface area contributed by atoms with Crippen molar-refractivity contribution in [1.82, 2.24) is 10.4 Å². The van der Waals surface area contributed by atoms with E-state index in [2.05, 4.69) is 15.3 Å². The van der Waals surface area contributed by atoms with Crippen LogP contribution in [-0.4, -0.2) is 54.8 Å². The molecule has 1 fully saturated rings. The van der Waals surface area contributed by atoms with Crippen molar-refractivity contribution in [2.75, 3.05) is 19.7 Å². The molecule has 1 N–H and O–H groups in total. The molecule has 224 valence electrons. The highest BCUT2D eigenvalue weighted by atomic mass is 35.5. The Bertz CT molecular complexity index is 1380. The van der Waals surface area contributed by atoms with Gasteiger partial charge in [-0.1, -0.05) is 22.8 Å². The van der Waals surface area contributed by atoms with Gasteiger partial charge in [0.15, 0.2) is 0 Å². The second-order valence-corrected chi connectivity index (χ2v) is 9.79. The van der Waals surface area contributed by atoms with Crippen molar-refractivity contribution in [1.29, 1.82) is 0 Å². The molecule has 2 atom stereocenters. The van der Waals surface area contributed by atoms with Crippen LogP contribution in [0.1, 0.15) is 39.0 Å². The number of carbonyl (C=O) groups is 1. The van der Waals surface area contributed by atoms with E-state index in [0.29, 0.717) is 5.06 Å². The summed E-state index contributed by atoms with van der Waals surface area (Å²) in [6.45, 7) is -0.388. The first-order chi connectivity index (χ1) is 18.8. The standard InChI is InChI=1S/C24H18ClF10N3O3/c1-11-4-12(2-3-15(11)20(39)36-14-8-38(40-9-14)10-22(27,28)29)18-7-21(41-37-18,24(33,34)35)16-5-13(23(30,31)32)6-17(25)19(16)26/h2-6,14H,7-10H2,1H3,(H,36,39)/t14-,21+/m1/s1. The number of rotatable bonds is 5. The first kappa shape index (κ1) is 30.8. The molecule has 2 aliphatic rings. The fraction of sp³-hybridized carbons (Fsp3) is 0.417. The van der Waals surface area contributed by atoms with Crippen molar-refractivity contribution in [2.45, 2.75) is 43.5 Å². The molecule has 1 amide bonds. The van der Waals surface area contributed by atoms with E-state index < -0.39 is 76.7 Å². The Labute approximate surface area is 229 Å². The van der Waals surface area contributed by atoms with Crippen LogP contribution >= 0.6 is 11.6 Å². The number of nitrogens with zero attached hydrogens (tertiary/aromatic N) is 2. The molecule has 6 nitrogen and oxygen atoms in total. The zero-order valence-electron chi connectivity index (χ0n) is 20.6. The van der Waals surface area contributed by atoms with Gasteiger partial charge in [-0.2, -0.15) is 44.6 Å². The van der Waals surface area contributed by atoms with Crippen LogP contribution in [0.5, 0.6) is 0 Å². The van der Waals surface area contributed by atoms with Gasteiger partial charge in [0.25, 0.3) is 11.5 Å². The second kappa shape index (κ2) is 10.6. The van der Waals surface area contributed by atoms with E-state index in [-0.39, 0.29) is 42.0 Å². The number of amides is 1. The molecule has 4 rings (SSSR count). The summed E-state index contributed by atoms with van der Waals surface area (Å²) < 4.78 is 135. The summed E-state index contributed by atoms with van der Waals surface area (Å²) in [5, 5.41) is 5.34. The zero-order valence-corrected chi connectivity index (χ0v) is 21.3. The van der Waals surface area contributed by atoms with Gasteiger partial charge >= 0.3 is 18.5 Å². The summed E-state index contributed by atoms with van der Waals surface area (Å²) in [4.78, 5) is 22.2. The van der Waals surface area contributed by atoms with E-state index in [1.54, 1.807) is 0 Å². The molecule has 0 aliphatic carbocycles. The highest BCUT2D eigenvalue weighted by Gasteiger charge is 2.64. The fourth-order valence-corrected chi connectivity index (χ4v) is 4.61. The van der Waals surface area contributed by atoms with Gasteiger partial charge in [-0.3, -0.25) is 9.63 Å². The van der Waals surface area contributed by atoms with Crippen LogP contribution in [0.2, 0.25) is 5.02 Å². The molecule has 2 heterocycles. The molecule has 1 saturated heterocycles. The number of hydrogen-bond acceptors (Lipinski definition) is 5. The largest absolute Gasteiger partial charge is 0.435 e. The van der Waals surface area contributed by atoms with Crippen molar-refractivity contribution in [3.63, 3.8) is 0 Å². The van der Waals surface area contributed by atoms with Crippen LogP contribution in [0.3, 0.4) is 0 Å². The summed E-state index contributed by atoms with van der Waals surface area (Å²) in [6.07, 6.45) is -16.3. The quantitative estimate of drug-likeness (QED) is 0.399. The van der Waals surface area contributed by atoms with E-state index in [1.165, 1.54) is 25.1 Å². The third-order valence-corrected chi connectivity index (χ3v) is 6.63. The molecule has 0 bridgehead atoms. The Balaban J connectivity index is 1.55. The van der Waals surface area contributed by atoms with Crippen molar-refractivity contribution in [2.24, 2.45) is 5.16 Å². The normalized spacial score (nSPS) is 22.0. The summed E-state index contributed by atoms with van der Waals surface area (Å²) >= 11 is 5.50. The zero-order chi connectivity index (χ0) is 30.5. The predicted molar refractivity (Wildman–Crippen MR) is 122 cm³/mol. The first-order valence-electron chi connectivity index (χ1n) is 11.6. The van der Waals surface area contributed by atoms with Gasteiger partial charge in [-0.05, 0) is 42.3 Å². The summed E-state index contributed by atoms with van der Waals surface area (Å²) in [7, 11) is 0. The maximum atomic E-state index is 14.8. The minimum absolute atomic E-state index is 0.00999. The Kier molecular flexibility index (Phi) is 7.99. The number of hydrogen-bond donors (Lipinski definition) is 1. The molecule has 2 aliphatic heterocycles. The Morgan fingerprint density at radius 2 is 1.80 bits per heavy atom. The maximum Gasteiger partial charge on any atom is 0.435 e. The van der Waals surface area contributed by atoms with Crippen molar-refractivity contribution >= 4 is 23.2 Å². The molecule has 41 heavy (non-hydrogen) atoms. The topological polar surface area (TPSA) is 63.2 Å². The molecule has 2 aromatic rings. The summed E-state index contributed by atoms with van der Waals surface area (Å²) in [5.41, 5.74) is -6.94. The Morgan fingerprint density at radius 1 is 1.12 bits per heavy atom. The minimum atomic E-state index is -5.44. The lowest BCUT2D eigenvalue weighted by Crippen LogP contribution is -2.43. The highest BCUT2D eigenvalue weighted by molar-refractivity contribution is 6.30. The number of aryl methyl sites for hydroxylation is 1. The number of halogens is 11. The van der Waals surface area contributed by atoms with Crippen molar-refractivity contribution in [3.8, 4) is 0 Å². The van der Waals surface area contributed by atoms with Crippen LogP contribution in [-0.2, 0) is 21.5 Å². The molecule has 0 saturated carbocycles. The SMILES string of the molecule is Cc1cc(C2=NO[C@@](c3cc(C(F)(F)F)cc(Cl)c3F)(C(F)(F)F)C2)ccc1C(=O)N[C@H]1CON(CC(F)(F)F)C1. The number of alkyl halides is 9. The van der Waals surface area contributed by atoms with Gasteiger partial charge in [0.1, 0.15) is 12.4 Å². The number of carbonyl (C=O) groups excluding carboxylic acids is 1. The minimum Gasteiger partial charge on any atom is -0.374 e. The smallest absolute Gasteiger partial charge is 0.374 e. The van der Waals surface area contributed by atoms with Crippen LogP contribution in [0.4, 0.5) is 43.9 Å². The van der Waals surface area contributed by atoms with E-state index in [0.717, 1.165) is 0 Å². The van der Waals surface area contributed by atoms with Crippen LogP contribution < -0.4 is 5.32 Å². The lowest BCUT2D eigenvalue weighted by Gasteiger charge is -2.30. The van der Waals surface area contributed by atoms with E-state index >= 15 is 0 Å². The van der Waals surface area contributed by atoms with E-state index in [4.69, 9.17) is 16.4 Å². The number of benzene rings is 2. The Hall–Kier alpha value is -3.11. The lowest BCUT2D eigenvalue weighted by atomic mass is 9.85. The maximum absolute atomic E-state index is 14.8. The third-order valence-electron chi connectivity index (χ3n) is 6.35. The Morgan fingerprint density at radius 3 is 2.39 bits per heavy atom. The van der Waals surface area contributed by atoms with Crippen LogP contribution in [0.15, 0.2) is 35.5 Å². The number of oxime groups is 1. The molecule has 17 heteroatoms. The van der Waals surface area contributed by atoms with Crippen molar-refractivity contribution in [3.05, 3.63) is 69.0 Å². The van der Waals surface area contributed by atoms with Gasteiger partial charge in [0.2, 0.25) is 0 Å². The van der Waals surface area contributed by atoms with Gasteiger partial charge in [0.05, 0.1) is 35.4 Å².